The maximum atomic E-state index is 12.3. The molecule has 3 N–H and O–H groups in total. The number of nitrogens with one attached hydrogen (secondary N) is 3. The first-order valence-electron chi connectivity index (χ1n) is 13.6. The molecule has 0 atom stereocenters. The number of amides is 2. The van der Waals surface area contributed by atoms with E-state index in [1.165, 1.54) is 24.3 Å². The number of carbonyl (C=O) groups is 5. The minimum atomic E-state index is -0.943. The molecule has 0 heterocycles. The molecule has 16 nitrogen and oxygen atoms in total. The van der Waals surface area contributed by atoms with E-state index < -0.39 is 51.9 Å². The molecule has 46 heavy (non-hydrogen) atoms. The molecule has 0 fully saturated rings. The highest BCUT2D eigenvalue weighted by Crippen LogP contribution is 2.23. The summed E-state index contributed by atoms with van der Waals surface area (Å²) < 4.78 is 9.47. The van der Waals surface area contributed by atoms with Gasteiger partial charge >= 0.3 is 17.9 Å². The molecule has 0 radical (unpaired) electrons. The summed E-state index contributed by atoms with van der Waals surface area (Å²) in [6.07, 6.45) is -0.821. The van der Waals surface area contributed by atoms with E-state index in [1.807, 2.05) is 0 Å². The number of nitro benzene ring substituents is 2. The number of esters is 3. The van der Waals surface area contributed by atoms with Crippen molar-refractivity contribution >= 4 is 78.9 Å². The highest BCUT2D eigenvalue weighted by molar-refractivity contribution is 9.08. The zero-order valence-corrected chi connectivity index (χ0v) is 27.3. The minimum Gasteiger partial charge on any atom is -0.412 e. The van der Waals surface area contributed by atoms with Crippen molar-refractivity contribution in [3.05, 3.63) is 78.9 Å². The molecule has 0 saturated carbocycles. The molecule has 2 rings (SSSR count). The second kappa shape index (κ2) is 19.1. The Morgan fingerprint density at radius 2 is 1.09 bits per heavy atom. The fraction of sp³-hybridized carbons (Fsp3) is 0.357. The fourth-order valence-corrected chi connectivity index (χ4v) is 4.68. The Morgan fingerprint density at radius 1 is 0.674 bits per heavy atom. The summed E-state index contributed by atoms with van der Waals surface area (Å²) in [4.78, 5) is 81.4. The van der Waals surface area contributed by atoms with Crippen LogP contribution < -0.4 is 10.6 Å². The number of hydrogen-bond acceptors (Lipinski definition) is 12. The summed E-state index contributed by atoms with van der Waals surface area (Å²) in [7, 11) is 0. The van der Waals surface area contributed by atoms with Crippen LogP contribution in [0.3, 0.4) is 0 Å². The molecule has 2 amide bonds. The average Bonchev–Trinajstić information content (AvgIpc) is 3.03. The van der Waals surface area contributed by atoms with E-state index in [4.69, 9.17) is 10.1 Å². The van der Waals surface area contributed by atoms with Gasteiger partial charge < -0.3 is 20.1 Å². The number of carbonyl (C=O) groups excluding carboxylic acids is 5. The van der Waals surface area contributed by atoms with Crippen molar-refractivity contribution in [2.24, 2.45) is 0 Å². The molecule has 0 bridgehead atoms. The van der Waals surface area contributed by atoms with Gasteiger partial charge in [-0.05, 0) is 25.0 Å². The van der Waals surface area contributed by atoms with Gasteiger partial charge in [0.1, 0.15) is 0 Å². The van der Waals surface area contributed by atoms with E-state index >= 15 is 0 Å². The molecule has 0 aromatic heterocycles. The van der Waals surface area contributed by atoms with Crippen LogP contribution in [0.5, 0.6) is 0 Å². The van der Waals surface area contributed by atoms with Crippen LogP contribution in [0.4, 0.5) is 11.4 Å². The minimum absolute atomic E-state index is 0.0351. The van der Waals surface area contributed by atoms with Crippen LogP contribution in [0.2, 0.25) is 0 Å². The normalized spacial score (nSPS) is 10.4. The predicted octanol–water partition coefficient (Wildman–Crippen LogP) is 4.38. The topological polar surface area (TPSA) is 238 Å². The quantitative estimate of drug-likeness (QED) is 0.0298. The lowest BCUT2D eigenvalue weighted by Crippen LogP contribution is -2.25. The van der Waals surface area contributed by atoms with Crippen molar-refractivity contribution in [3.63, 3.8) is 0 Å². The Morgan fingerprint density at radius 3 is 1.50 bits per heavy atom. The standard InChI is InChI=1S/C28H29Br2N5O11/c29-15-19-7-5-17(13-21(19)34(41)42)27(39)32-11-1-3-24(36)45-23(31)9-10-26(38)46-25(37)4-2-12-33-28(40)18-6-8-20(16-30)22(14-18)35(43)44/h5-8,13-14,31H,1-4,9-12,15-16H2,(H,32,39)(H,33,40). The maximum Gasteiger partial charge on any atom is 0.313 e. The van der Waals surface area contributed by atoms with Gasteiger partial charge in [0.05, 0.1) is 16.3 Å². The van der Waals surface area contributed by atoms with Gasteiger partial charge in [-0.2, -0.15) is 0 Å². The van der Waals surface area contributed by atoms with Gasteiger partial charge in [-0.25, -0.2) is 0 Å². The van der Waals surface area contributed by atoms with Crippen molar-refractivity contribution in [3.8, 4) is 0 Å². The van der Waals surface area contributed by atoms with Gasteiger partial charge in [0, 0.05) is 77.4 Å². The summed E-state index contributed by atoms with van der Waals surface area (Å²) in [5, 5.41) is 35.6. The van der Waals surface area contributed by atoms with E-state index in [0.29, 0.717) is 11.1 Å². The molecule has 0 aliphatic heterocycles. The third kappa shape index (κ3) is 12.4. The van der Waals surface area contributed by atoms with Crippen LogP contribution in [0.25, 0.3) is 0 Å². The first-order valence-corrected chi connectivity index (χ1v) is 15.8. The number of ether oxygens (including phenoxy) is 2. The molecular formula is C28H29Br2N5O11. The molecular weight excluding hydrogens is 742 g/mol. The fourth-order valence-electron chi connectivity index (χ4n) is 3.73. The van der Waals surface area contributed by atoms with Crippen LogP contribution >= 0.6 is 31.9 Å². The maximum absolute atomic E-state index is 12.3. The number of nitrogens with zero attached hydrogens (tertiary/aromatic N) is 2. The van der Waals surface area contributed by atoms with E-state index in [-0.39, 0.29) is 78.4 Å². The lowest BCUT2D eigenvalue weighted by molar-refractivity contribution is -0.385. The molecule has 2 aromatic rings. The largest absolute Gasteiger partial charge is 0.412 e. The summed E-state index contributed by atoms with van der Waals surface area (Å²) in [6, 6.07) is 8.11. The Bertz CT molecular complexity index is 1410. The van der Waals surface area contributed by atoms with Gasteiger partial charge in [-0.3, -0.25) is 49.6 Å². The molecule has 0 aliphatic rings. The first kappa shape index (κ1) is 37.6. The monoisotopic (exact) mass is 769 g/mol. The van der Waals surface area contributed by atoms with Gasteiger partial charge in [0.25, 0.3) is 23.2 Å². The molecule has 18 heteroatoms. The second-order valence-electron chi connectivity index (χ2n) is 9.43. The summed E-state index contributed by atoms with van der Waals surface area (Å²) in [6.45, 7) is 0.0911. The molecule has 0 aliphatic carbocycles. The predicted molar refractivity (Wildman–Crippen MR) is 169 cm³/mol. The number of hydrogen-bond donors (Lipinski definition) is 3. The van der Waals surface area contributed by atoms with Crippen molar-refractivity contribution < 1.29 is 43.3 Å². The van der Waals surface area contributed by atoms with Gasteiger partial charge in [0.15, 0.2) is 5.90 Å². The Hall–Kier alpha value is -4.58. The van der Waals surface area contributed by atoms with E-state index in [9.17, 15) is 44.2 Å². The average molecular weight is 771 g/mol. The van der Waals surface area contributed by atoms with Crippen LogP contribution in [0, 0.1) is 25.6 Å². The van der Waals surface area contributed by atoms with Gasteiger partial charge in [0.2, 0.25) is 0 Å². The Kier molecular flexibility index (Phi) is 15.6. The van der Waals surface area contributed by atoms with Crippen molar-refractivity contribution in [1.82, 2.24) is 10.6 Å². The van der Waals surface area contributed by atoms with E-state index in [0.717, 1.165) is 12.1 Å². The molecule has 2 aromatic carbocycles. The van der Waals surface area contributed by atoms with Gasteiger partial charge in [-0.15, -0.1) is 0 Å². The van der Waals surface area contributed by atoms with Crippen molar-refractivity contribution in [2.75, 3.05) is 13.1 Å². The highest BCUT2D eigenvalue weighted by atomic mass is 79.9. The van der Waals surface area contributed by atoms with Gasteiger partial charge in [-0.1, -0.05) is 44.0 Å². The summed E-state index contributed by atoms with van der Waals surface area (Å²) in [5.74, 6) is -4.25. The summed E-state index contributed by atoms with van der Waals surface area (Å²) in [5.41, 5.74) is 0.572. The van der Waals surface area contributed by atoms with E-state index in [1.54, 1.807) is 0 Å². The third-order valence-corrected chi connectivity index (χ3v) is 7.29. The lowest BCUT2D eigenvalue weighted by atomic mass is 10.1. The number of benzene rings is 2. The van der Waals surface area contributed by atoms with E-state index in [2.05, 4.69) is 47.2 Å². The molecule has 0 saturated heterocycles. The van der Waals surface area contributed by atoms with Crippen LogP contribution in [-0.4, -0.2) is 58.6 Å². The zero-order valence-electron chi connectivity index (χ0n) is 24.2. The number of nitro groups is 2. The van der Waals surface area contributed by atoms with Crippen molar-refractivity contribution in [2.45, 2.75) is 49.2 Å². The Labute approximate surface area is 278 Å². The molecule has 0 unspecified atom stereocenters. The number of alkyl halides is 2. The second-order valence-corrected chi connectivity index (χ2v) is 10.6. The van der Waals surface area contributed by atoms with Crippen LogP contribution in [0.1, 0.15) is 70.4 Å². The number of rotatable bonds is 17. The highest BCUT2D eigenvalue weighted by Gasteiger charge is 2.19. The molecule has 0 spiro atoms. The number of halogens is 2. The van der Waals surface area contributed by atoms with Crippen molar-refractivity contribution in [1.29, 1.82) is 5.41 Å². The third-order valence-electron chi connectivity index (χ3n) is 6.08. The lowest BCUT2D eigenvalue weighted by Gasteiger charge is -2.08. The molecule has 246 valence electrons. The first-order chi connectivity index (χ1) is 21.9. The smallest absolute Gasteiger partial charge is 0.313 e. The Balaban J connectivity index is 1.61. The summed E-state index contributed by atoms with van der Waals surface area (Å²) >= 11 is 6.29. The van der Waals surface area contributed by atoms with Crippen LogP contribution in [0.15, 0.2) is 36.4 Å². The zero-order chi connectivity index (χ0) is 34.2. The van der Waals surface area contributed by atoms with Crippen LogP contribution in [-0.2, 0) is 34.5 Å². The SMILES string of the molecule is N=C(CCC(=O)OC(=O)CCCNC(=O)c1ccc(CBr)c([N+](=O)[O-])c1)OC(=O)CCCNC(=O)c1ccc(CBr)c([N+](=O)[O-])c1.